The topological polar surface area (TPSA) is 61.3 Å². The highest BCUT2D eigenvalue weighted by atomic mass is 35.5. The predicted molar refractivity (Wildman–Crippen MR) is 78.9 cm³/mol. The van der Waals surface area contributed by atoms with E-state index in [0.717, 1.165) is 11.3 Å². The van der Waals surface area contributed by atoms with Gasteiger partial charge in [-0.05, 0) is 36.2 Å². The van der Waals surface area contributed by atoms with Gasteiger partial charge in [-0.1, -0.05) is 12.1 Å². The van der Waals surface area contributed by atoms with Gasteiger partial charge in [-0.25, -0.2) is 14.8 Å². The van der Waals surface area contributed by atoms with E-state index in [1.165, 1.54) is 7.11 Å². The van der Waals surface area contributed by atoms with Gasteiger partial charge >= 0.3 is 5.97 Å². The van der Waals surface area contributed by atoms with Crippen molar-refractivity contribution in [1.29, 1.82) is 0 Å². The zero-order valence-electron chi connectivity index (χ0n) is 12.0. The lowest BCUT2D eigenvalue weighted by Crippen LogP contribution is -2.12. The molecule has 1 aromatic heterocycles. The van der Waals surface area contributed by atoms with Crippen LogP contribution in [0.15, 0.2) is 24.3 Å². The Morgan fingerprint density at radius 2 is 1.86 bits per heavy atom. The molecule has 1 heterocycles. The van der Waals surface area contributed by atoms with Crippen LogP contribution in [0.5, 0.6) is 5.75 Å². The third kappa shape index (κ3) is 3.49. The molecule has 0 aliphatic carbocycles. The molecule has 21 heavy (non-hydrogen) atoms. The van der Waals surface area contributed by atoms with Crippen LogP contribution in [-0.2, 0) is 11.2 Å². The van der Waals surface area contributed by atoms with Crippen molar-refractivity contribution in [3.8, 4) is 5.75 Å². The van der Waals surface area contributed by atoms with Gasteiger partial charge in [0.15, 0.2) is 0 Å². The second-order valence-corrected chi connectivity index (χ2v) is 4.75. The highest BCUT2D eigenvalue weighted by molar-refractivity contribution is 6.28. The van der Waals surface area contributed by atoms with Crippen LogP contribution < -0.4 is 4.74 Å². The molecule has 0 N–H and O–H groups in total. The summed E-state index contributed by atoms with van der Waals surface area (Å²) in [6.07, 6.45) is 0.456. The second kappa shape index (κ2) is 6.54. The number of halogens is 1. The lowest BCUT2D eigenvalue weighted by Gasteiger charge is -2.10. The van der Waals surface area contributed by atoms with Crippen LogP contribution in [0, 0.1) is 6.92 Å². The summed E-state index contributed by atoms with van der Waals surface area (Å²) in [4.78, 5) is 20.1. The van der Waals surface area contributed by atoms with Crippen molar-refractivity contribution in [3.63, 3.8) is 0 Å². The summed E-state index contributed by atoms with van der Waals surface area (Å²) in [6.45, 7) is 1.71. The minimum Gasteiger partial charge on any atom is -0.497 e. The molecule has 0 spiro atoms. The number of aryl methyl sites for hydroxylation is 1. The van der Waals surface area contributed by atoms with Gasteiger partial charge in [0, 0.05) is 6.42 Å². The van der Waals surface area contributed by atoms with Gasteiger partial charge in [-0.15, -0.1) is 0 Å². The Morgan fingerprint density at radius 1 is 1.19 bits per heavy atom. The van der Waals surface area contributed by atoms with Crippen molar-refractivity contribution in [3.05, 3.63) is 52.1 Å². The Kier molecular flexibility index (Phi) is 4.75. The van der Waals surface area contributed by atoms with Crippen LogP contribution in [0.4, 0.5) is 0 Å². The van der Waals surface area contributed by atoms with Crippen LogP contribution in [0.25, 0.3) is 0 Å². The first kappa shape index (κ1) is 15.3. The van der Waals surface area contributed by atoms with Crippen molar-refractivity contribution < 1.29 is 14.3 Å². The van der Waals surface area contributed by atoms with Crippen molar-refractivity contribution in [2.75, 3.05) is 14.2 Å². The number of aromatic nitrogens is 2. The second-order valence-electron chi connectivity index (χ2n) is 4.42. The van der Waals surface area contributed by atoms with E-state index in [2.05, 4.69) is 9.97 Å². The van der Waals surface area contributed by atoms with E-state index in [1.807, 2.05) is 24.3 Å². The fourth-order valence-electron chi connectivity index (χ4n) is 2.03. The lowest BCUT2D eigenvalue weighted by atomic mass is 10.0. The maximum absolute atomic E-state index is 11.9. The highest BCUT2D eigenvalue weighted by Gasteiger charge is 2.19. The van der Waals surface area contributed by atoms with Crippen LogP contribution >= 0.6 is 11.6 Å². The molecule has 0 aliphatic heterocycles. The van der Waals surface area contributed by atoms with Crippen molar-refractivity contribution in [2.45, 2.75) is 13.3 Å². The Hall–Kier alpha value is -2.14. The molecule has 0 saturated carbocycles. The van der Waals surface area contributed by atoms with Crippen LogP contribution in [0.2, 0.25) is 5.28 Å². The van der Waals surface area contributed by atoms with E-state index in [9.17, 15) is 4.79 Å². The Labute approximate surface area is 127 Å². The molecule has 2 rings (SSSR count). The molecule has 2 aromatic rings. The monoisotopic (exact) mass is 306 g/mol. The first-order valence-electron chi connectivity index (χ1n) is 6.29. The van der Waals surface area contributed by atoms with Crippen LogP contribution in [0.3, 0.4) is 0 Å². The molecule has 0 bridgehead atoms. The SMILES string of the molecule is COC(=O)c1c(C)nc(Cl)nc1Cc1ccc(OC)cc1. The Balaban J connectivity index is 2.39. The molecule has 0 amide bonds. The largest absolute Gasteiger partial charge is 0.497 e. The number of hydrogen-bond acceptors (Lipinski definition) is 5. The molecule has 1 aromatic carbocycles. The quantitative estimate of drug-likeness (QED) is 0.642. The van der Waals surface area contributed by atoms with Gasteiger partial charge in [0.1, 0.15) is 11.3 Å². The summed E-state index contributed by atoms with van der Waals surface area (Å²) >= 11 is 5.89. The molecule has 6 heteroatoms. The van der Waals surface area contributed by atoms with E-state index in [-0.39, 0.29) is 5.28 Å². The van der Waals surface area contributed by atoms with Gasteiger partial charge in [0.05, 0.1) is 25.6 Å². The third-order valence-corrected chi connectivity index (χ3v) is 3.23. The highest BCUT2D eigenvalue weighted by Crippen LogP contribution is 2.20. The summed E-state index contributed by atoms with van der Waals surface area (Å²) in [5.41, 5.74) is 2.39. The number of methoxy groups -OCH3 is 2. The molecular weight excluding hydrogens is 292 g/mol. The maximum atomic E-state index is 11.9. The minimum absolute atomic E-state index is 0.115. The average molecular weight is 307 g/mol. The Bertz CT molecular complexity index is 657. The van der Waals surface area contributed by atoms with E-state index >= 15 is 0 Å². The van der Waals surface area contributed by atoms with Gasteiger partial charge in [0.2, 0.25) is 5.28 Å². The van der Waals surface area contributed by atoms with E-state index in [4.69, 9.17) is 21.1 Å². The normalized spacial score (nSPS) is 10.3. The van der Waals surface area contributed by atoms with E-state index in [0.29, 0.717) is 23.4 Å². The molecule has 5 nitrogen and oxygen atoms in total. The van der Waals surface area contributed by atoms with Gasteiger partial charge < -0.3 is 9.47 Å². The van der Waals surface area contributed by atoms with Crippen molar-refractivity contribution in [2.24, 2.45) is 0 Å². The number of nitrogens with zero attached hydrogens (tertiary/aromatic N) is 2. The fraction of sp³-hybridized carbons (Fsp3) is 0.267. The first-order valence-corrected chi connectivity index (χ1v) is 6.67. The summed E-state index contributed by atoms with van der Waals surface area (Å²) < 4.78 is 9.91. The lowest BCUT2D eigenvalue weighted by molar-refractivity contribution is 0.0597. The minimum atomic E-state index is -0.465. The molecule has 0 atom stereocenters. The molecular formula is C15H15ClN2O3. The molecule has 0 saturated heterocycles. The number of rotatable bonds is 4. The summed E-state index contributed by atoms with van der Waals surface area (Å²) in [6, 6.07) is 7.52. The van der Waals surface area contributed by atoms with Crippen LogP contribution in [-0.4, -0.2) is 30.2 Å². The van der Waals surface area contributed by atoms with Gasteiger partial charge in [0.25, 0.3) is 0 Å². The number of carbonyl (C=O) groups is 1. The predicted octanol–water partition coefficient (Wildman–Crippen LogP) is 2.82. The smallest absolute Gasteiger partial charge is 0.341 e. The molecule has 0 aliphatic rings. The van der Waals surface area contributed by atoms with E-state index in [1.54, 1.807) is 14.0 Å². The van der Waals surface area contributed by atoms with Gasteiger partial charge in [-0.2, -0.15) is 0 Å². The maximum Gasteiger partial charge on any atom is 0.341 e. The number of carbonyl (C=O) groups excluding carboxylic acids is 1. The molecule has 0 fully saturated rings. The summed E-state index contributed by atoms with van der Waals surface area (Å²) in [7, 11) is 2.94. The molecule has 0 unspecified atom stereocenters. The summed E-state index contributed by atoms with van der Waals surface area (Å²) in [5, 5.41) is 0.115. The first-order chi connectivity index (χ1) is 10.0. The van der Waals surface area contributed by atoms with E-state index < -0.39 is 5.97 Å². The number of benzene rings is 1. The third-order valence-electron chi connectivity index (χ3n) is 3.06. The number of hydrogen-bond donors (Lipinski definition) is 0. The number of ether oxygens (including phenoxy) is 2. The molecule has 110 valence electrons. The Morgan fingerprint density at radius 3 is 2.43 bits per heavy atom. The fourth-order valence-corrected chi connectivity index (χ4v) is 2.26. The standard InChI is InChI=1S/C15H15ClN2O3/c1-9-13(14(19)21-3)12(18-15(16)17-9)8-10-4-6-11(20-2)7-5-10/h4-7H,8H2,1-3H3. The van der Waals surface area contributed by atoms with Gasteiger partial charge in [-0.3, -0.25) is 0 Å². The summed E-state index contributed by atoms with van der Waals surface area (Å²) in [5.74, 6) is 0.302. The zero-order valence-corrected chi connectivity index (χ0v) is 12.8. The molecule has 0 radical (unpaired) electrons. The average Bonchev–Trinajstić information content (AvgIpc) is 2.47. The van der Waals surface area contributed by atoms with Crippen molar-refractivity contribution in [1.82, 2.24) is 9.97 Å². The number of esters is 1. The van der Waals surface area contributed by atoms with Crippen molar-refractivity contribution >= 4 is 17.6 Å². The van der Waals surface area contributed by atoms with Crippen LogP contribution in [0.1, 0.15) is 27.3 Å². The zero-order chi connectivity index (χ0) is 15.4.